The van der Waals surface area contributed by atoms with Gasteiger partial charge in [0.15, 0.2) is 11.5 Å². The summed E-state index contributed by atoms with van der Waals surface area (Å²) in [4.78, 5) is 22.2. The SMILES string of the molecule is COc1ccc2c(c1OCCO)OC1c3ccc(OC4OC(COC(=O)CC(=O)O)C(O)C(O)C4O)cc3OCC21. The fourth-order valence-electron chi connectivity index (χ4n) is 5.01. The molecule has 3 heterocycles. The van der Waals surface area contributed by atoms with Gasteiger partial charge in [0, 0.05) is 17.2 Å². The van der Waals surface area contributed by atoms with Gasteiger partial charge in [-0.15, -0.1) is 0 Å². The van der Waals surface area contributed by atoms with E-state index in [-0.39, 0.29) is 31.5 Å². The van der Waals surface area contributed by atoms with Crippen molar-refractivity contribution in [3.8, 4) is 28.7 Å². The van der Waals surface area contributed by atoms with Gasteiger partial charge in [0.1, 0.15) is 61.7 Å². The average molecular weight is 579 g/mol. The van der Waals surface area contributed by atoms with Crippen molar-refractivity contribution in [2.24, 2.45) is 0 Å². The molecule has 0 aliphatic carbocycles. The van der Waals surface area contributed by atoms with Gasteiger partial charge in [-0.1, -0.05) is 6.07 Å². The van der Waals surface area contributed by atoms with E-state index in [0.29, 0.717) is 23.0 Å². The minimum atomic E-state index is -1.70. The Kier molecular flexibility index (Phi) is 8.37. The Labute approximate surface area is 233 Å². The second kappa shape index (κ2) is 12.0. The van der Waals surface area contributed by atoms with Crippen LogP contribution in [0.3, 0.4) is 0 Å². The lowest BCUT2D eigenvalue weighted by Gasteiger charge is -2.40. The number of fused-ring (bicyclic) bond motifs is 5. The van der Waals surface area contributed by atoms with E-state index in [4.69, 9.17) is 38.3 Å². The molecule has 2 aromatic rings. The lowest BCUT2D eigenvalue weighted by atomic mass is 9.89. The third kappa shape index (κ3) is 5.69. The van der Waals surface area contributed by atoms with Gasteiger partial charge < -0.3 is 58.7 Å². The minimum Gasteiger partial charge on any atom is -0.493 e. The molecule has 0 radical (unpaired) electrons. The Balaban J connectivity index is 1.30. The molecule has 0 spiro atoms. The van der Waals surface area contributed by atoms with Crippen molar-refractivity contribution in [1.29, 1.82) is 0 Å². The normalized spacial score (nSPS) is 27.8. The van der Waals surface area contributed by atoms with Crippen molar-refractivity contribution in [1.82, 2.24) is 0 Å². The summed E-state index contributed by atoms with van der Waals surface area (Å²) >= 11 is 0. The summed E-state index contributed by atoms with van der Waals surface area (Å²) in [5.41, 5.74) is 1.59. The summed E-state index contributed by atoms with van der Waals surface area (Å²) in [6, 6.07) is 8.54. The number of aliphatic carboxylic acids is 1. The molecule has 7 unspecified atom stereocenters. The van der Waals surface area contributed by atoms with Gasteiger partial charge in [-0.05, 0) is 18.2 Å². The van der Waals surface area contributed by atoms with Gasteiger partial charge in [0.25, 0.3) is 0 Å². The number of aliphatic hydroxyl groups excluding tert-OH is 4. The van der Waals surface area contributed by atoms with Crippen LogP contribution >= 0.6 is 0 Å². The predicted octanol–water partition coefficient (Wildman–Crippen LogP) is -0.120. The van der Waals surface area contributed by atoms with E-state index in [1.54, 1.807) is 24.3 Å². The summed E-state index contributed by atoms with van der Waals surface area (Å²) in [6.07, 6.45) is -9.04. The number of benzene rings is 2. The fraction of sp³-hybridized carbons (Fsp3) is 0.481. The van der Waals surface area contributed by atoms with Gasteiger partial charge in [0.2, 0.25) is 12.0 Å². The smallest absolute Gasteiger partial charge is 0.317 e. The molecular weight excluding hydrogens is 548 g/mol. The van der Waals surface area contributed by atoms with Crippen LogP contribution in [0, 0.1) is 0 Å². The number of hydrogen-bond donors (Lipinski definition) is 5. The Bertz CT molecular complexity index is 1280. The van der Waals surface area contributed by atoms with Crippen LogP contribution in [-0.2, 0) is 19.1 Å². The summed E-state index contributed by atoms with van der Waals surface area (Å²) in [6.45, 7) is -0.413. The molecule has 3 aliphatic rings. The molecule has 0 aromatic heterocycles. The van der Waals surface area contributed by atoms with Crippen LogP contribution in [0.25, 0.3) is 0 Å². The molecule has 14 heteroatoms. The summed E-state index contributed by atoms with van der Waals surface area (Å²) in [7, 11) is 1.51. The van der Waals surface area contributed by atoms with Crippen LogP contribution in [0.5, 0.6) is 28.7 Å². The van der Waals surface area contributed by atoms with Crippen molar-refractivity contribution in [2.45, 2.75) is 49.1 Å². The van der Waals surface area contributed by atoms with Crippen LogP contribution in [0.4, 0.5) is 0 Å². The van der Waals surface area contributed by atoms with E-state index < -0.39 is 61.8 Å². The van der Waals surface area contributed by atoms with Crippen molar-refractivity contribution < 1.29 is 68.3 Å². The zero-order valence-corrected chi connectivity index (χ0v) is 21.9. The molecule has 3 aliphatic heterocycles. The predicted molar refractivity (Wildman–Crippen MR) is 134 cm³/mol. The van der Waals surface area contributed by atoms with E-state index >= 15 is 0 Å². The molecule has 7 atom stereocenters. The highest BCUT2D eigenvalue weighted by atomic mass is 16.7. The van der Waals surface area contributed by atoms with E-state index in [0.717, 1.165) is 11.1 Å². The number of carbonyl (C=O) groups is 2. The second-order valence-corrected chi connectivity index (χ2v) is 9.63. The first kappa shape index (κ1) is 28.7. The Morgan fingerprint density at radius 3 is 2.56 bits per heavy atom. The fourth-order valence-corrected chi connectivity index (χ4v) is 5.01. The number of ether oxygens (including phenoxy) is 7. The molecule has 222 valence electrons. The van der Waals surface area contributed by atoms with Gasteiger partial charge >= 0.3 is 11.9 Å². The number of rotatable bonds is 10. The first-order chi connectivity index (χ1) is 19.7. The lowest BCUT2D eigenvalue weighted by Crippen LogP contribution is -2.60. The minimum absolute atomic E-state index is 0.0612. The van der Waals surface area contributed by atoms with E-state index in [2.05, 4.69) is 0 Å². The van der Waals surface area contributed by atoms with Gasteiger partial charge in [0.05, 0.1) is 26.2 Å². The summed E-state index contributed by atoms with van der Waals surface area (Å²) in [5.74, 6) is -0.566. The topological polar surface area (TPSA) is 200 Å². The Morgan fingerprint density at radius 2 is 1.83 bits per heavy atom. The van der Waals surface area contributed by atoms with Crippen molar-refractivity contribution in [2.75, 3.05) is 33.5 Å². The molecule has 1 fully saturated rings. The van der Waals surface area contributed by atoms with Crippen LogP contribution in [-0.4, -0.2) is 102 Å². The highest BCUT2D eigenvalue weighted by Crippen LogP contribution is 2.56. The largest absolute Gasteiger partial charge is 0.493 e. The van der Waals surface area contributed by atoms with Gasteiger partial charge in [-0.3, -0.25) is 9.59 Å². The molecule has 2 aromatic carbocycles. The molecule has 41 heavy (non-hydrogen) atoms. The van der Waals surface area contributed by atoms with E-state index in [1.807, 2.05) is 6.07 Å². The molecular formula is C27H30O14. The zero-order chi connectivity index (χ0) is 29.3. The quantitative estimate of drug-likeness (QED) is 0.185. The standard InChI is InChI=1S/C27H30O14/c1-35-16-5-4-13-15-10-37-17-8-12(2-3-14(17)24(15)41-25(13)26(16)36-7-6-28)39-27-23(34)22(33)21(32)18(40-27)11-38-20(31)9-19(29)30/h2-5,8,15,18,21-24,27-28,32-34H,6-7,9-11H2,1H3,(H,29,30). The van der Waals surface area contributed by atoms with Gasteiger partial charge in [-0.25, -0.2) is 0 Å². The molecule has 0 amide bonds. The molecule has 0 bridgehead atoms. The number of carbonyl (C=O) groups excluding carboxylic acids is 1. The number of methoxy groups -OCH3 is 1. The third-order valence-corrected chi connectivity index (χ3v) is 7.01. The monoisotopic (exact) mass is 578 g/mol. The summed E-state index contributed by atoms with van der Waals surface area (Å²) in [5, 5.41) is 48.9. The first-order valence-electron chi connectivity index (χ1n) is 12.8. The highest BCUT2D eigenvalue weighted by Gasteiger charge is 2.46. The van der Waals surface area contributed by atoms with Crippen molar-refractivity contribution in [3.05, 3.63) is 41.5 Å². The number of hydrogen-bond acceptors (Lipinski definition) is 13. The number of esters is 1. The zero-order valence-electron chi connectivity index (χ0n) is 21.9. The van der Waals surface area contributed by atoms with E-state index in [1.165, 1.54) is 7.11 Å². The number of carboxylic acid groups (broad SMARTS) is 1. The number of aliphatic hydroxyl groups is 4. The molecule has 0 saturated carbocycles. The third-order valence-electron chi connectivity index (χ3n) is 7.01. The molecule has 14 nitrogen and oxygen atoms in total. The maximum atomic E-state index is 11.6. The first-order valence-corrected chi connectivity index (χ1v) is 12.8. The van der Waals surface area contributed by atoms with Crippen LogP contribution in [0.15, 0.2) is 30.3 Å². The van der Waals surface area contributed by atoms with Crippen LogP contribution < -0.4 is 23.7 Å². The molecule has 5 rings (SSSR count). The highest BCUT2D eigenvalue weighted by molar-refractivity contribution is 5.90. The maximum Gasteiger partial charge on any atom is 0.317 e. The van der Waals surface area contributed by atoms with Crippen molar-refractivity contribution >= 4 is 11.9 Å². The lowest BCUT2D eigenvalue weighted by molar-refractivity contribution is -0.278. The average Bonchev–Trinajstić information content (AvgIpc) is 3.34. The maximum absolute atomic E-state index is 11.6. The Hall–Kier alpha value is -3.82. The molecule has 1 saturated heterocycles. The van der Waals surface area contributed by atoms with Crippen LogP contribution in [0.2, 0.25) is 0 Å². The molecule has 5 N–H and O–H groups in total. The van der Waals surface area contributed by atoms with Gasteiger partial charge in [-0.2, -0.15) is 0 Å². The van der Waals surface area contributed by atoms with Crippen molar-refractivity contribution in [3.63, 3.8) is 0 Å². The summed E-state index contributed by atoms with van der Waals surface area (Å²) < 4.78 is 39.6. The van der Waals surface area contributed by atoms with E-state index in [9.17, 15) is 30.0 Å². The Morgan fingerprint density at radius 1 is 1.05 bits per heavy atom. The number of carboxylic acids is 1. The van der Waals surface area contributed by atoms with Crippen LogP contribution in [0.1, 0.15) is 29.6 Å². The second-order valence-electron chi connectivity index (χ2n) is 9.63.